The highest BCUT2D eigenvalue weighted by atomic mass is 32.2. The minimum absolute atomic E-state index is 0.111. The van der Waals surface area contributed by atoms with Crippen LogP contribution in [0, 0.1) is 6.92 Å². The lowest BCUT2D eigenvalue weighted by Gasteiger charge is -2.25. The lowest BCUT2D eigenvalue weighted by molar-refractivity contribution is 0.141. The van der Waals surface area contributed by atoms with Crippen LogP contribution in [0.25, 0.3) is 33.1 Å². The summed E-state index contributed by atoms with van der Waals surface area (Å²) in [4.78, 5) is 12.3. The average molecular weight is 657 g/mol. The van der Waals surface area contributed by atoms with Crippen LogP contribution in [0.1, 0.15) is 30.9 Å². The maximum absolute atomic E-state index is 14.1. The Labute approximate surface area is 270 Å². The van der Waals surface area contributed by atoms with Gasteiger partial charge < -0.3 is 19.1 Å². The molecule has 0 radical (unpaired) electrons. The summed E-state index contributed by atoms with van der Waals surface area (Å²) in [7, 11) is -2.32. The van der Waals surface area contributed by atoms with Crippen molar-refractivity contribution in [2.24, 2.45) is 0 Å². The lowest BCUT2D eigenvalue weighted by Crippen LogP contribution is -2.32. The van der Waals surface area contributed by atoms with Gasteiger partial charge in [-0.15, -0.1) is 0 Å². The predicted molar refractivity (Wildman–Crippen MR) is 180 cm³/mol. The van der Waals surface area contributed by atoms with Crippen LogP contribution in [0.3, 0.4) is 0 Å². The van der Waals surface area contributed by atoms with E-state index in [4.69, 9.17) is 9.47 Å². The molecule has 1 N–H and O–H groups in total. The summed E-state index contributed by atoms with van der Waals surface area (Å²) in [5.41, 5.74) is 5.51. The number of carboxylic acid groups (broad SMARTS) is 1. The molecule has 6 rings (SSSR count). The van der Waals surface area contributed by atoms with Crippen LogP contribution in [-0.4, -0.2) is 46.6 Å². The molecule has 6 aromatic rings. The smallest absolute Gasteiger partial charge is 0.497 e. The second-order valence-corrected chi connectivity index (χ2v) is 13.3. The van der Waals surface area contributed by atoms with E-state index in [9.17, 15) is 18.3 Å². The average Bonchev–Trinajstić information content (AvgIpc) is 3.63. The molecule has 2 aromatic heterocycles. The fraction of sp³-hybridized carbons (Fsp3) is 0.206. The van der Waals surface area contributed by atoms with Gasteiger partial charge >= 0.3 is 6.16 Å². The highest BCUT2D eigenvalue weighted by Gasteiger charge is 2.28. The van der Waals surface area contributed by atoms with Crippen molar-refractivity contribution in [3.63, 3.8) is 0 Å². The van der Waals surface area contributed by atoms with Crippen LogP contribution >= 0.6 is 11.7 Å². The van der Waals surface area contributed by atoms with E-state index in [-0.39, 0.29) is 23.9 Å². The Morgan fingerprint density at radius 2 is 1.70 bits per heavy atom. The van der Waals surface area contributed by atoms with E-state index >= 15 is 0 Å². The van der Waals surface area contributed by atoms with E-state index in [1.807, 2.05) is 62.4 Å². The van der Waals surface area contributed by atoms with E-state index < -0.39 is 16.2 Å². The molecule has 0 aliphatic heterocycles. The van der Waals surface area contributed by atoms with Gasteiger partial charge in [-0.25, -0.2) is 13.2 Å². The van der Waals surface area contributed by atoms with Crippen molar-refractivity contribution in [3.05, 3.63) is 96.1 Å². The summed E-state index contributed by atoms with van der Waals surface area (Å²) >= 11 is 1.09. The van der Waals surface area contributed by atoms with Crippen LogP contribution in [0.2, 0.25) is 0 Å². The van der Waals surface area contributed by atoms with Gasteiger partial charge in [0.05, 0.1) is 47.0 Å². The van der Waals surface area contributed by atoms with Gasteiger partial charge in [-0.2, -0.15) is 8.75 Å². The van der Waals surface area contributed by atoms with Crippen molar-refractivity contribution < 1.29 is 27.8 Å². The molecular weight excluding hydrogens is 625 g/mol. The van der Waals surface area contributed by atoms with E-state index in [1.165, 1.54) is 4.31 Å². The number of methoxy groups -OCH3 is 1. The van der Waals surface area contributed by atoms with Gasteiger partial charge in [0.15, 0.2) is 0 Å². The van der Waals surface area contributed by atoms with Gasteiger partial charge in [-0.05, 0) is 79.1 Å². The Morgan fingerprint density at radius 3 is 2.39 bits per heavy atom. The van der Waals surface area contributed by atoms with Crippen molar-refractivity contribution in [1.82, 2.24) is 13.3 Å². The number of hydrogen-bond acceptors (Lipinski definition) is 8. The first kappa shape index (κ1) is 31.1. The van der Waals surface area contributed by atoms with Crippen LogP contribution in [0.4, 0.5) is 10.5 Å². The summed E-state index contributed by atoms with van der Waals surface area (Å²) in [6.07, 6.45) is -0.0255. The van der Waals surface area contributed by atoms with Crippen molar-refractivity contribution in [1.29, 1.82) is 0 Å². The number of anilines is 1. The number of rotatable bonds is 11. The van der Waals surface area contributed by atoms with Crippen molar-refractivity contribution >= 4 is 55.5 Å². The minimum Gasteiger partial charge on any atom is -0.497 e. The predicted octanol–water partition coefficient (Wildman–Crippen LogP) is 7.73. The summed E-state index contributed by atoms with van der Waals surface area (Å²) in [5.74, 6) is 0.806. The Kier molecular flexibility index (Phi) is 8.65. The molecule has 0 amide bonds. The molecule has 0 bridgehead atoms. The van der Waals surface area contributed by atoms with Gasteiger partial charge in [0, 0.05) is 11.9 Å². The number of fused-ring (bicyclic) bond motifs is 2. The molecule has 236 valence electrons. The Balaban J connectivity index is 1.59. The zero-order chi connectivity index (χ0) is 32.4. The molecular formula is C34H32N4O6S2. The molecule has 0 aliphatic rings. The molecule has 4 aromatic carbocycles. The number of unbranched alkanes of at least 4 members (excludes halogenated alkanes) is 1. The Hall–Kier alpha value is -4.94. The first-order valence-corrected chi connectivity index (χ1v) is 16.9. The molecule has 0 saturated heterocycles. The maximum Gasteiger partial charge on any atom is 0.512 e. The third-order valence-electron chi connectivity index (χ3n) is 7.84. The summed E-state index contributed by atoms with van der Waals surface area (Å²) in [5, 5.41) is 10.5. The molecule has 12 heteroatoms. The molecule has 2 heterocycles. The van der Waals surface area contributed by atoms with Crippen LogP contribution in [0.5, 0.6) is 11.6 Å². The summed E-state index contributed by atoms with van der Waals surface area (Å²) < 4.78 is 50.9. The highest BCUT2D eigenvalue weighted by Crippen LogP contribution is 2.43. The van der Waals surface area contributed by atoms with Gasteiger partial charge in [-0.3, -0.25) is 4.31 Å². The van der Waals surface area contributed by atoms with Crippen molar-refractivity contribution in [2.75, 3.05) is 18.0 Å². The summed E-state index contributed by atoms with van der Waals surface area (Å²) in [6, 6.07) is 25.2. The SMILES string of the molecule is CCCCN(c1ccc2c(c1)c(-c1ccc3nsnc3c1)c(OC(=O)O)n2Cc1ccc(OC)cc1)S(=O)(=O)c1ccc(C)cc1. The largest absolute Gasteiger partial charge is 0.512 e. The summed E-state index contributed by atoms with van der Waals surface area (Å²) in [6.45, 7) is 4.47. The van der Waals surface area contributed by atoms with E-state index in [2.05, 4.69) is 8.75 Å². The zero-order valence-corrected chi connectivity index (χ0v) is 27.1. The third kappa shape index (κ3) is 6.01. The fourth-order valence-electron chi connectivity index (χ4n) is 5.48. The lowest BCUT2D eigenvalue weighted by atomic mass is 10.0. The maximum atomic E-state index is 14.1. The van der Waals surface area contributed by atoms with Crippen LogP contribution in [-0.2, 0) is 16.6 Å². The van der Waals surface area contributed by atoms with Crippen molar-refractivity contribution in [2.45, 2.75) is 38.1 Å². The Bertz CT molecular complexity index is 2140. The van der Waals surface area contributed by atoms with E-state index in [1.54, 1.807) is 48.1 Å². The normalized spacial score (nSPS) is 11.6. The number of hydrogen-bond donors (Lipinski definition) is 1. The number of benzene rings is 4. The number of aryl methyl sites for hydroxylation is 1. The molecule has 0 spiro atoms. The molecule has 10 nitrogen and oxygen atoms in total. The monoisotopic (exact) mass is 656 g/mol. The highest BCUT2D eigenvalue weighted by molar-refractivity contribution is 7.92. The topological polar surface area (TPSA) is 124 Å². The van der Waals surface area contributed by atoms with Gasteiger partial charge in [-0.1, -0.05) is 49.2 Å². The minimum atomic E-state index is -3.92. The molecule has 46 heavy (non-hydrogen) atoms. The molecule has 0 saturated carbocycles. The second kappa shape index (κ2) is 12.8. The number of aromatic nitrogens is 3. The van der Waals surface area contributed by atoms with Crippen LogP contribution < -0.4 is 13.8 Å². The number of sulfonamides is 1. The zero-order valence-electron chi connectivity index (χ0n) is 25.5. The quantitative estimate of drug-likeness (QED) is 0.141. The van der Waals surface area contributed by atoms with Crippen molar-refractivity contribution in [3.8, 4) is 22.8 Å². The number of nitrogens with zero attached hydrogens (tertiary/aromatic N) is 4. The molecule has 0 aliphatic carbocycles. The van der Waals surface area contributed by atoms with E-state index in [0.29, 0.717) is 50.9 Å². The van der Waals surface area contributed by atoms with E-state index in [0.717, 1.165) is 29.3 Å². The van der Waals surface area contributed by atoms with Gasteiger partial charge in [0.2, 0.25) is 5.88 Å². The molecule has 0 atom stereocenters. The Morgan fingerprint density at radius 1 is 0.957 bits per heavy atom. The van der Waals surface area contributed by atoms with Gasteiger partial charge in [0.25, 0.3) is 10.0 Å². The van der Waals surface area contributed by atoms with Gasteiger partial charge in [0.1, 0.15) is 16.8 Å². The molecule has 0 unspecified atom stereocenters. The standard InChI is InChI=1S/C34H32N4O6S2/c1-4-5-18-38(46(41,42)27-14-6-22(2)7-15-27)25-11-17-31-28(20-25)32(24-10-16-29-30(19-24)36-45-35-29)33(44-34(39)40)37(31)21-23-8-12-26(43-3)13-9-23/h6-17,19-20H,4-5,18,21H2,1-3H3,(H,39,40). The second-order valence-electron chi connectivity index (χ2n) is 10.9. The third-order valence-corrected chi connectivity index (χ3v) is 10.2. The van der Waals surface area contributed by atoms with Crippen LogP contribution in [0.15, 0.2) is 89.8 Å². The first-order chi connectivity index (χ1) is 22.2. The fourth-order valence-corrected chi connectivity index (χ4v) is 7.49. The molecule has 0 fully saturated rings. The number of carbonyl (C=O) groups is 1. The number of ether oxygens (including phenoxy) is 2. The first-order valence-electron chi connectivity index (χ1n) is 14.7.